The number of alkyl halides is 3. The van der Waals surface area contributed by atoms with Gasteiger partial charge in [0, 0.05) is 26.7 Å². The lowest BCUT2D eigenvalue weighted by Crippen LogP contribution is -2.52. The Morgan fingerprint density at radius 3 is 2.70 bits per heavy atom. The van der Waals surface area contributed by atoms with Gasteiger partial charge in [0.25, 0.3) is 0 Å². The van der Waals surface area contributed by atoms with Crippen LogP contribution in [0.2, 0.25) is 0 Å². The van der Waals surface area contributed by atoms with Gasteiger partial charge < -0.3 is 10.1 Å². The van der Waals surface area contributed by atoms with Gasteiger partial charge >= 0.3 is 6.18 Å². The SMILES string of the molecule is CNC(=O)C1CN(Cc2cnc(OCc3cccc(C(F)(F)F)c3)cn2)C1. The molecule has 3 rings (SSSR count). The molecule has 1 amide bonds. The molecule has 0 atom stereocenters. The summed E-state index contributed by atoms with van der Waals surface area (Å²) >= 11 is 0. The van der Waals surface area contributed by atoms with E-state index in [1.807, 2.05) is 0 Å². The lowest BCUT2D eigenvalue weighted by molar-refractivity contribution is -0.137. The van der Waals surface area contributed by atoms with Crippen molar-refractivity contribution in [3.05, 3.63) is 53.5 Å². The zero-order chi connectivity index (χ0) is 19.4. The van der Waals surface area contributed by atoms with Gasteiger partial charge in [-0.2, -0.15) is 13.2 Å². The van der Waals surface area contributed by atoms with Crippen molar-refractivity contribution in [3.63, 3.8) is 0 Å². The summed E-state index contributed by atoms with van der Waals surface area (Å²) < 4.78 is 43.6. The van der Waals surface area contributed by atoms with Crippen molar-refractivity contribution >= 4 is 5.91 Å². The van der Waals surface area contributed by atoms with Crippen LogP contribution in [0.1, 0.15) is 16.8 Å². The molecule has 1 aliphatic heterocycles. The van der Waals surface area contributed by atoms with Crippen LogP contribution < -0.4 is 10.1 Å². The minimum Gasteiger partial charge on any atom is -0.472 e. The number of hydrogen-bond donors (Lipinski definition) is 1. The standard InChI is InChI=1S/C18H19F3N4O2/c1-22-17(26)13-8-25(9-13)10-15-6-24-16(7-23-15)27-11-12-3-2-4-14(5-12)18(19,20)21/h2-7,13H,8-11H2,1H3,(H,22,26). The zero-order valence-electron chi connectivity index (χ0n) is 14.7. The molecule has 0 unspecified atom stereocenters. The molecule has 0 saturated carbocycles. The molecular weight excluding hydrogens is 361 g/mol. The molecule has 1 aromatic heterocycles. The van der Waals surface area contributed by atoms with Crippen molar-refractivity contribution in [2.24, 2.45) is 5.92 Å². The maximum absolute atomic E-state index is 12.7. The fourth-order valence-corrected chi connectivity index (χ4v) is 2.79. The first-order chi connectivity index (χ1) is 12.8. The maximum Gasteiger partial charge on any atom is 0.416 e. The molecule has 1 aromatic carbocycles. The van der Waals surface area contributed by atoms with Crippen LogP contribution in [-0.4, -0.2) is 40.9 Å². The maximum atomic E-state index is 12.7. The summed E-state index contributed by atoms with van der Waals surface area (Å²) in [5, 5.41) is 2.63. The average molecular weight is 380 g/mol. The molecule has 27 heavy (non-hydrogen) atoms. The van der Waals surface area contributed by atoms with Gasteiger partial charge in [0.2, 0.25) is 11.8 Å². The highest BCUT2D eigenvalue weighted by Crippen LogP contribution is 2.29. The minimum atomic E-state index is -4.38. The Bertz CT molecular complexity index is 790. The van der Waals surface area contributed by atoms with E-state index >= 15 is 0 Å². The van der Waals surface area contributed by atoms with Gasteiger partial charge in [0.05, 0.1) is 29.6 Å². The van der Waals surface area contributed by atoms with E-state index in [9.17, 15) is 18.0 Å². The number of halogens is 3. The molecule has 9 heteroatoms. The number of likely N-dealkylation sites (tertiary alicyclic amines) is 1. The fraction of sp³-hybridized carbons (Fsp3) is 0.389. The largest absolute Gasteiger partial charge is 0.472 e. The second kappa shape index (κ2) is 7.91. The highest BCUT2D eigenvalue weighted by Gasteiger charge is 2.32. The van der Waals surface area contributed by atoms with Crippen LogP contribution in [0.15, 0.2) is 36.7 Å². The van der Waals surface area contributed by atoms with Gasteiger partial charge in [-0.25, -0.2) is 4.98 Å². The normalized spacial score (nSPS) is 15.3. The van der Waals surface area contributed by atoms with Crippen molar-refractivity contribution in [2.75, 3.05) is 20.1 Å². The van der Waals surface area contributed by atoms with E-state index in [2.05, 4.69) is 20.2 Å². The molecular formula is C18H19F3N4O2. The summed E-state index contributed by atoms with van der Waals surface area (Å²) in [5.74, 6) is 0.289. The Kier molecular flexibility index (Phi) is 5.59. The quantitative estimate of drug-likeness (QED) is 0.833. The smallest absolute Gasteiger partial charge is 0.416 e. The molecule has 0 spiro atoms. The first-order valence-electron chi connectivity index (χ1n) is 8.39. The first-order valence-corrected chi connectivity index (χ1v) is 8.39. The summed E-state index contributed by atoms with van der Waals surface area (Å²) in [4.78, 5) is 21.9. The minimum absolute atomic E-state index is 0.0121. The van der Waals surface area contributed by atoms with Gasteiger partial charge in [-0.1, -0.05) is 12.1 Å². The number of rotatable bonds is 6. The van der Waals surface area contributed by atoms with E-state index in [4.69, 9.17) is 4.74 Å². The molecule has 2 aromatic rings. The molecule has 1 fully saturated rings. The number of ether oxygens (including phenoxy) is 1. The fourth-order valence-electron chi connectivity index (χ4n) is 2.79. The Hall–Kier alpha value is -2.68. The van der Waals surface area contributed by atoms with Crippen LogP contribution in [0.25, 0.3) is 0 Å². The summed E-state index contributed by atoms with van der Waals surface area (Å²) in [6.45, 7) is 1.90. The van der Waals surface area contributed by atoms with Crippen molar-refractivity contribution in [3.8, 4) is 5.88 Å². The second-order valence-electron chi connectivity index (χ2n) is 6.34. The van der Waals surface area contributed by atoms with Crippen molar-refractivity contribution in [1.29, 1.82) is 0 Å². The number of nitrogens with one attached hydrogen (secondary N) is 1. The van der Waals surface area contributed by atoms with Gasteiger partial charge in [0.1, 0.15) is 6.61 Å². The summed E-state index contributed by atoms with van der Waals surface area (Å²) in [6, 6.07) is 4.97. The third-order valence-corrected chi connectivity index (χ3v) is 4.28. The Morgan fingerprint density at radius 2 is 2.07 bits per heavy atom. The number of aromatic nitrogens is 2. The van der Waals surface area contributed by atoms with E-state index in [0.29, 0.717) is 25.2 Å². The number of carbonyl (C=O) groups excluding carboxylic acids is 1. The van der Waals surface area contributed by atoms with E-state index in [1.54, 1.807) is 19.3 Å². The van der Waals surface area contributed by atoms with Crippen LogP contribution in [0, 0.1) is 5.92 Å². The molecule has 6 nitrogen and oxygen atoms in total. The number of nitrogens with zero attached hydrogens (tertiary/aromatic N) is 3. The molecule has 2 heterocycles. The van der Waals surface area contributed by atoms with Crippen LogP contribution in [-0.2, 0) is 24.1 Å². The molecule has 1 N–H and O–H groups in total. The molecule has 144 valence electrons. The van der Waals surface area contributed by atoms with E-state index in [-0.39, 0.29) is 24.3 Å². The Balaban J connectivity index is 1.49. The predicted molar refractivity (Wildman–Crippen MR) is 90.6 cm³/mol. The molecule has 0 aliphatic carbocycles. The van der Waals surface area contributed by atoms with E-state index < -0.39 is 11.7 Å². The lowest BCUT2D eigenvalue weighted by atomic mass is 9.99. The highest BCUT2D eigenvalue weighted by atomic mass is 19.4. The zero-order valence-corrected chi connectivity index (χ0v) is 14.7. The number of carbonyl (C=O) groups is 1. The number of benzene rings is 1. The van der Waals surface area contributed by atoms with Crippen LogP contribution in [0.5, 0.6) is 5.88 Å². The predicted octanol–water partition coefficient (Wildman–Crippen LogP) is 2.25. The Morgan fingerprint density at radius 1 is 1.30 bits per heavy atom. The highest BCUT2D eigenvalue weighted by molar-refractivity contribution is 5.79. The average Bonchev–Trinajstić information content (AvgIpc) is 2.62. The molecule has 0 bridgehead atoms. The monoisotopic (exact) mass is 380 g/mol. The lowest BCUT2D eigenvalue weighted by Gasteiger charge is -2.37. The van der Waals surface area contributed by atoms with Crippen molar-refractivity contribution in [1.82, 2.24) is 20.2 Å². The molecule has 1 aliphatic rings. The topological polar surface area (TPSA) is 67.4 Å². The van der Waals surface area contributed by atoms with Crippen LogP contribution >= 0.6 is 0 Å². The number of hydrogen-bond acceptors (Lipinski definition) is 5. The van der Waals surface area contributed by atoms with Crippen molar-refractivity contribution in [2.45, 2.75) is 19.3 Å². The first kappa shape index (κ1) is 19.1. The van der Waals surface area contributed by atoms with E-state index in [0.717, 1.165) is 17.8 Å². The molecule has 1 saturated heterocycles. The van der Waals surface area contributed by atoms with Gasteiger partial charge in [-0.3, -0.25) is 14.7 Å². The van der Waals surface area contributed by atoms with Gasteiger partial charge in [-0.05, 0) is 17.7 Å². The second-order valence-corrected chi connectivity index (χ2v) is 6.34. The summed E-state index contributed by atoms with van der Waals surface area (Å²) in [5.41, 5.74) is 0.419. The summed E-state index contributed by atoms with van der Waals surface area (Å²) in [7, 11) is 1.62. The summed E-state index contributed by atoms with van der Waals surface area (Å²) in [6.07, 6.45) is -1.38. The Labute approximate surface area is 154 Å². The number of amides is 1. The third kappa shape index (κ3) is 4.94. The van der Waals surface area contributed by atoms with Gasteiger partial charge in [0.15, 0.2) is 0 Å². The van der Waals surface area contributed by atoms with E-state index in [1.165, 1.54) is 12.3 Å². The van der Waals surface area contributed by atoms with Crippen molar-refractivity contribution < 1.29 is 22.7 Å². The van der Waals surface area contributed by atoms with Crippen LogP contribution in [0.3, 0.4) is 0 Å². The van der Waals surface area contributed by atoms with Gasteiger partial charge in [-0.15, -0.1) is 0 Å². The van der Waals surface area contributed by atoms with Crippen LogP contribution in [0.4, 0.5) is 13.2 Å². The third-order valence-electron chi connectivity index (χ3n) is 4.28. The molecule has 0 radical (unpaired) electrons.